The molecule has 2 aromatic rings. The lowest BCUT2D eigenvalue weighted by atomic mass is 10.2. The number of methoxy groups -OCH3 is 1. The van der Waals surface area contributed by atoms with Gasteiger partial charge in [0.15, 0.2) is 0 Å². The van der Waals surface area contributed by atoms with Crippen LogP contribution in [0.1, 0.15) is 31.1 Å². The second-order valence-corrected chi connectivity index (χ2v) is 9.21. The van der Waals surface area contributed by atoms with E-state index in [2.05, 4.69) is 10.6 Å². The van der Waals surface area contributed by atoms with Crippen molar-refractivity contribution in [1.29, 1.82) is 0 Å². The molecular formula is C20H24ClN3O5S. The van der Waals surface area contributed by atoms with E-state index in [0.717, 1.165) is 0 Å². The molecule has 0 atom stereocenters. The van der Waals surface area contributed by atoms with E-state index in [1.54, 1.807) is 26.0 Å². The van der Waals surface area contributed by atoms with Gasteiger partial charge in [-0.15, -0.1) is 0 Å². The number of nitrogens with one attached hydrogen (secondary N) is 2. The van der Waals surface area contributed by atoms with Gasteiger partial charge in [-0.2, -0.15) is 4.31 Å². The summed E-state index contributed by atoms with van der Waals surface area (Å²) in [6.45, 7) is 4.85. The number of carbonyl (C=O) groups is 2. The molecule has 0 bridgehead atoms. The minimum Gasteiger partial charge on any atom is -0.495 e. The maximum absolute atomic E-state index is 12.9. The minimum atomic E-state index is -3.79. The molecule has 0 aromatic heterocycles. The Labute approximate surface area is 181 Å². The zero-order valence-corrected chi connectivity index (χ0v) is 18.9. The van der Waals surface area contributed by atoms with Crippen LogP contribution in [0.15, 0.2) is 41.3 Å². The maximum atomic E-state index is 12.9. The van der Waals surface area contributed by atoms with Crippen molar-refractivity contribution < 1.29 is 22.7 Å². The van der Waals surface area contributed by atoms with Crippen LogP contribution in [0.2, 0.25) is 5.02 Å². The van der Waals surface area contributed by atoms with E-state index in [-0.39, 0.29) is 33.1 Å². The summed E-state index contributed by atoms with van der Waals surface area (Å²) < 4.78 is 32.0. The minimum absolute atomic E-state index is 0.0121. The molecule has 2 N–H and O–H groups in total. The van der Waals surface area contributed by atoms with Crippen molar-refractivity contribution in [3.05, 3.63) is 47.0 Å². The molecule has 10 heteroatoms. The van der Waals surface area contributed by atoms with Crippen LogP contribution >= 0.6 is 11.6 Å². The zero-order chi connectivity index (χ0) is 22.6. The van der Waals surface area contributed by atoms with Gasteiger partial charge in [0.05, 0.1) is 28.3 Å². The summed E-state index contributed by atoms with van der Waals surface area (Å²) >= 11 is 6.17. The highest BCUT2D eigenvalue weighted by Gasteiger charge is 2.25. The molecule has 2 rings (SSSR count). The number of hydrogen-bond acceptors (Lipinski definition) is 5. The zero-order valence-electron chi connectivity index (χ0n) is 17.3. The quantitative estimate of drug-likeness (QED) is 0.666. The maximum Gasteiger partial charge on any atom is 0.257 e. The smallest absolute Gasteiger partial charge is 0.257 e. The normalized spacial score (nSPS) is 11.5. The van der Waals surface area contributed by atoms with Crippen molar-refractivity contribution in [2.75, 3.05) is 24.8 Å². The number of carbonyl (C=O) groups excluding carboxylic acids is 2. The van der Waals surface area contributed by atoms with Crippen LogP contribution in [0.25, 0.3) is 0 Å². The first-order valence-electron chi connectivity index (χ1n) is 9.02. The summed E-state index contributed by atoms with van der Waals surface area (Å²) in [5, 5.41) is 5.36. The highest BCUT2D eigenvalue weighted by Crippen LogP contribution is 2.30. The number of halogens is 1. The lowest BCUT2D eigenvalue weighted by Gasteiger charge is -2.21. The molecule has 0 fully saturated rings. The Balaban J connectivity index is 2.42. The van der Waals surface area contributed by atoms with E-state index in [9.17, 15) is 18.0 Å². The largest absolute Gasteiger partial charge is 0.495 e. The molecule has 162 valence electrons. The standard InChI is InChI=1S/C20H24ClN3O5S/c1-12(2)24(4)30(27,28)15-7-8-17(21)16(11-15)20(26)23-18-10-14(22-13(3)25)6-9-19(18)29-5/h6-12H,1-5H3,(H,22,25)(H,23,26). The summed E-state index contributed by atoms with van der Waals surface area (Å²) in [5.41, 5.74) is 0.735. The fourth-order valence-corrected chi connectivity index (χ4v) is 4.16. The average molecular weight is 454 g/mol. The van der Waals surface area contributed by atoms with Crippen molar-refractivity contribution in [2.45, 2.75) is 31.7 Å². The first-order chi connectivity index (χ1) is 14.0. The predicted octanol–water partition coefficient (Wildman–Crippen LogP) is 3.59. The Morgan fingerprint density at radius 1 is 1.10 bits per heavy atom. The molecule has 0 saturated heterocycles. The second-order valence-electron chi connectivity index (χ2n) is 6.81. The fourth-order valence-electron chi connectivity index (χ4n) is 2.56. The van der Waals surface area contributed by atoms with E-state index in [1.807, 2.05) is 0 Å². The number of anilines is 2. The van der Waals surface area contributed by atoms with Gasteiger partial charge in [0.25, 0.3) is 5.91 Å². The van der Waals surface area contributed by atoms with E-state index >= 15 is 0 Å². The van der Waals surface area contributed by atoms with Gasteiger partial charge in [-0.1, -0.05) is 11.6 Å². The van der Waals surface area contributed by atoms with Crippen molar-refractivity contribution >= 4 is 44.8 Å². The molecule has 0 spiro atoms. The molecule has 8 nitrogen and oxygen atoms in total. The topological polar surface area (TPSA) is 105 Å². The fraction of sp³-hybridized carbons (Fsp3) is 0.300. The van der Waals surface area contributed by atoms with E-state index in [0.29, 0.717) is 11.4 Å². The molecule has 2 amide bonds. The Hall–Kier alpha value is -2.62. The number of amides is 2. The first kappa shape index (κ1) is 23.7. The third kappa shape index (κ3) is 5.29. The van der Waals surface area contributed by atoms with Gasteiger partial charge in [-0.25, -0.2) is 8.42 Å². The number of nitrogens with zero attached hydrogens (tertiary/aromatic N) is 1. The van der Waals surface area contributed by atoms with Crippen LogP contribution in [-0.4, -0.2) is 44.7 Å². The van der Waals surface area contributed by atoms with Gasteiger partial charge in [0, 0.05) is 25.7 Å². The number of sulfonamides is 1. The second kappa shape index (κ2) is 9.46. The number of hydrogen-bond donors (Lipinski definition) is 2. The van der Waals surface area contributed by atoms with Crippen LogP contribution in [0.4, 0.5) is 11.4 Å². The molecule has 2 aromatic carbocycles. The molecule has 0 aliphatic rings. The van der Waals surface area contributed by atoms with E-state index in [1.165, 1.54) is 49.7 Å². The summed E-state index contributed by atoms with van der Waals surface area (Å²) in [6, 6.07) is 8.42. The number of rotatable bonds is 7. The monoisotopic (exact) mass is 453 g/mol. The summed E-state index contributed by atoms with van der Waals surface area (Å²) in [4.78, 5) is 24.1. The molecular weight excluding hydrogens is 430 g/mol. The first-order valence-corrected chi connectivity index (χ1v) is 10.8. The molecule has 0 aliphatic heterocycles. The number of benzene rings is 2. The van der Waals surface area contributed by atoms with Crippen molar-refractivity contribution in [1.82, 2.24) is 4.31 Å². The van der Waals surface area contributed by atoms with Gasteiger partial charge in [-0.3, -0.25) is 9.59 Å². The van der Waals surface area contributed by atoms with Crippen LogP contribution < -0.4 is 15.4 Å². The Kier molecular flexibility index (Phi) is 7.46. The summed E-state index contributed by atoms with van der Waals surface area (Å²) in [5.74, 6) is -0.535. The molecule has 0 saturated carbocycles. The van der Waals surface area contributed by atoms with Gasteiger partial charge in [-0.05, 0) is 50.2 Å². The number of ether oxygens (including phenoxy) is 1. The molecule has 0 heterocycles. The average Bonchev–Trinajstić information content (AvgIpc) is 2.67. The molecule has 0 radical (unpaired) electrons. The molecule has 30 heavy (non-hydrogen) atoms. The van der Waals surface area contributed by atoms with Crippen LogP contribution in [0, 0.1) is 0 Å². The Morgan fingerprint density at radius 2 is 1.77 bits per heavy atom. The van der Waals surface area contributed by atoms with E-state index in [4.69, 9.17) is 16.3 Å². The van der Waals surface area contributed by atoms with Crippen molar-refractivity contribution in [2.24, 2.45) is 0 Å². The van der Waals surface area contributed by atoms with Crippen LogP contribution in [-0.2, 0) is 14.8 Å². The highest BCUT2D eigenvalue weighted by molar-refractivity contribution is 7.89. The summed E-state index contributed by atoms with van der Waals surface area (Å²) in [7, 11) is -0.894. The van der Waals surface area contributed by atoms with Crippen molar-refractivity contribution in [3.8, 4) is 5.75 Å². The van der Waals surface area contributed by atoms with Gasteiger partial charge in [0.1, 0.15) is 5.75 Å². The van der Waals surface area contributed by atoms with Crippen LogP contribution in [0.5, 0.6) is 5.75 Å². The van der Waals surface area contributed by atoms with Gasteiger partial charge in [0.2, 0.25) is 15.9 Å². The highest BCUT2D eigenvalue weighted by atomic mass is 35.5. The Bertz CT molecular complexity index is 1070. The summed E-state index contributed by atoms with van der Waals surface area (Å²) in [6.07, 6.45) is 0. The van der Waals surface area contributed by atoms with Gasteiger partial charge < -0.3 is 15.4 Å². The predicted molar refractivity (Wildman–Crippen MR) is 117 cm³/mol. The Morgan fingerprint density at radius 3 is 2.33 bits per heavy atom. The van der Waals surface area contributed by atoms with E-state index < -0.39 is 15.9 Å². The SMILES string of the molecule is COc1ccc(NC(C)=O)cc1NC(=O)c1cc(S(=O)(=O)N(C)C(C)C)ccc1Cl. The lowest BCUT2D eigenvalue weighted by Crippen LogP contribution is -2.33. The lowest BCUT2D eigenvalue weighted by molar-refractivity contribution is -0.114. The third-order valence-electron chi connectivity index (χ3n) is 4.35. The molecule has 0 aliphatic carbocycles. The molecule has 0 unspecified atom stereocenters. The van der Waals surface area contributed by atoms with Crippen LogP contribution in [0.3, 0.4) is 0 Å². The van der Waals surface area contributed by atoms with Gasteiger partial charge >= 0.3 is 0 Å². The van der Waals surface area contributed by atoms with Crippen molar-refractivity contribution in [3.63, 3.8) is 0 Å². The third-order valence-corrected chi connectivity index (χ3v) is 6.71.